The van der Waals surface area contributed by atoms with Crippen LogP contribution in [0.3, 0.4) is 0 Å². The lowest BCUT2D eigenvalue weighted by Gasteiger charge is -2.23. The summed E-state index contributed by atoms with van der Waals surface area (Å²) in [6, 6.07) is 0. The van der Waals surface area contributed by atoms with Gasteiger partial charge in [0.1, 0.15) is 6.61 Å². The topological polar surface area (TPSA) is 44.8 Å². The van der Waals surface area contributed by atoms with E-state index in [9.17, 15) is 4.57 Å². The molecule has 0 N–H and O–H groups in total. The normalized spacial score (nSPS) is 47.5. The Morgan fingerprint density at radius 2 is 1.88 bits per heavy atom. The van der Waals surface area contributed by atoms with Gasteiger partial charge < -0.3 is 0 Å². The molecule has 2 aliphatic carbocycles. The van der Waals surface area contributed by atoms with Gasteiger partial charge in [0.15, 0.2) is 0 Å². The molecule has 1 unspecified atom stereocenters. The van der Waals surface area contributed by atoms with Gasteiger partial charge in [0.25, 0.3) is 0 Å². The van der Waals surface area contributed by atoms with Gasteiger partial charge in [0.2, 0.25) is 0 Å². The summed E-state index contributed by atoms with van der Waals surface area (Å²) in [7, 11) is -3.42. The first-order chi connectivity index (χ1) is 8.22. The molecule has 2 fully saturated rings. The van der Waals surface area contributed by atoms with Crippen molar-refractivity contribution >= 4 is 7.82 Å². The second-order valence-electron chi connectivity index (χ2n) is 4.79. The lowest BCUT2D eigenvalue weighted by atomic mass is 9.84. The lowest BCUT2D eigenvalue weighted by molar-refractivity contribution is 0.134. The first-order valence-electron chi connectivity index (χ1n) is 5.87. The van der Waals surface area contributed by atoms with Crippen LogP contribution in [0.5, 0.6) is 0 Å². The van der Waals surface area contributed by atoms with E-state index in [4.69, 9.17) is 20.0 Å². The van der Waals surface area contributed by atoms with Crippen LogP contribution in [-0.2, 0) is 18.1 Å². The third kappa shape index (κ3) is 1.98. The second kappa shape index (κ2) is 4.26. The van der Waals surface area contributed by atoms with Crippen LogP contribution >= 0.6 is 7.82 Å². The van der Waals surface area contributed by atoms with Crippen molar-refractivity contribution < 1.29 is 18.1 Å². The molecule has 1 heterocycles. The van der Waals surface area contributed by atoms with Crippen molar-refractivity contribution in [2.45, 2.75) is 6.42 Å². The van der Waals surface area contributed by atoms with Crippen molar-refractivity contribution in [2.24, 2.45) is 23.7 Å². The number of terminal acetylenes is 1. The Morgan fingerprint density at radius 3 is 2.41 bits per heavy atom. The average Bonchev–Trinajstić information content (AvgIpc) is 2.88. The van der Waals surface area contributed by atoms with Crippen molar-refractivity contribution in [1.29, 1.82) is 0 Å². The minimum Gasteiger partial charge on any atom is -0.287 e. The molecule has 0 aromatic carbocycles. The van der Waals surface area contributed by atoms with Crippen molar-refractivity contribution in [1.82, 2.24) is 0 Å². The molecule has 5 heteroatoms. The standard InChI is InChI=1S/C12H15O4P/c1-2-5-14-17(13)15-7-11-9-3-4-10(6-9)12(11)8-16-17/h1,3-4,9-12H,5-8H2/t9-,10+,11-,12+,17?. The molecule has 0 amide bonds. The molecule has 1 aliphatic heterocycles. The van der Waals surface area contributed by atoms with Crippen LogP contribution in [0, 0.1) is 36.0 Å². The monoisotopic (exact) mass is 254 g/mol. The maximum absolute atomic E-state index is 12.1. The summed E-state index contributed by atoms with van der Waals surface area (Å²) in [6.45, 7) is 0.841. The van der Waals surface area contributed by atoms with E-state index in [1.807, 2.05) is 0 Å². The van der Waals surface area contributed by atoms with Crippen LogP contribution in [0.4, 0.5) is 0 Å². The minimum atomic E-state index is -3.42. The molecule has 1 saturated carbocycles. The maximum Gasteiger partial charge on any atom is 0.475 e. The van der Waals surface area contributed by atoms with E-state index >= 15 is 0 Å². The van der Waals surface area contributed by atoms with Crippen molar-refractivity contribution in [2.75, 3.05) is 19.8 Å². The fourth-order valence-electron chi connectivity index (χ4n) is 3.10. The van der Waals surface area contributed by atoms with Gasteiger partial charge in [-0.2, -0.15) is 0 Å². The molecule has 0 radical (unpaired) electrons. The Morgan fingerprint density at radius 1 is 1.29 bits per heavy atom. The molecule has 0 aromatic rings. The van der Waals surface area contributed by atoms with E-state index in [1.54, 1.807) is 0 Å². The number of rotatable bonds is 2. The zero-order valence-electron chi connectivity index (χ0n) is 9.45. The summed E-state index contributed by atoms with van der Waals surface area (Å²) in [5.74, 6) is 4.20. The molecule has 5 atom stereocenters. The lowest BCUT2D eigenvalue weighted by Crippen LogP contribution is -2.24. The smallest absolute Gasteiger partial charge is 0.287 e. The Kier molecular flexibility index (Phi) is 2.88. The highest BCUT2D eigenvalue weighted by Crippen LogP contribution is 2.57. The van der Waals surface area contributed by atoms with Gasteiger partial charge in [-0.25, -0.2) is 4.57 Å². The molecule has 3 rings (SSSR count). The van der Waals surface area contributed by atoms with Crippen LogP contribution in [0.25, 0.3) is 0 Å². The first-order valence-corrected chi connectivity index (χ1v) is 7.33. The molecule has 0 aromatic heterocycles. The highest BCUT2D eigenvalue weighted by molar-refractivity contribution is 7.48. The van der Waals surface area contributed by atoms with Gasteiger partial charge in [-0.05, 0) is 30.1 Å². The van der Waals surface area contributed by atoms with Crippen LogP contribution in [-0.4, -0.2) is 19.8 Å². The maximum atomic E-state index is 12.1. The molecule has 4 nitrogen and oxygen atoms in total. The van der Waals surface area contributed by atoms with Crippen LogP contribution in [0.2, 0.25) is 0 Å². The number of phosphoric acid groups is 1. The largest absolute Gasteiger partial charge is 0.475 e. The molecule has 17 heavy (non-hydrogen) atoms. The Balaban J connectivity index is 1.71. The number of fused-ring (bicyclic) bond motifs is 5. The van der Waals surface area contributed by atoms with E-state index in [1.165, 1.54) is 6.42 Å². The van der Waals surface area contributed by atoms with Crippen molar-refractivity contribution in [3.05, 3.63) is 12.2 Å². The average molecular weight is 254 g/mol. The molecule has 3 aliphatic rings. The van der Waals surface area contributed by atoms with Gasteiger partial charge in [-0.3, -0.25) is 13.6 Å². The van der Waals surface area contributed by atoms with Gasteiger partial charge in [0, 0.05) is 0 Å². The quantitative estimate of drug-likeness (QED) is 0.430. The second-order valence-corrected chi connectivity index (χ2v) is 6.46. The number of hydrogen-bond donors (Lipinski definition) is 0. The SMILES string of the molecule is C#CCOP1(=O)OC[C@@H]2[C@H](CO1)[C@@H]1C=C[C@H]2C1. The summed E-state index contributed by atoms with van der Waals surface area (Å²) >= 11 is 0. The summed E-state index contributed by atoms with van der Waals surface area (Å²) in [5, 5.41) is 0. The van der Waals surface area contributed by atoms with Crippen molar-refractivity contribution in [3.63, 3.8) is 0 Å². The number of phosphoric ester groups is 1. The predicted octanol–water partition coefficient (Wildman–Crippen LogP) is 2.23. The van der Waals surface area contributed by atoms with Gasteiger partial charge in [-0.1, -0.05) is 18.1 Å². The number of hydrogen-bond acceptors (Lipinski definition) is 4. The van der Waals surface area contributed by atoms with Gasteiger partial charge in [-0.15, -0.1) is 6.42 Å². The van der Waals surface area contributed by atoms with Crippen molar-refractivity contribution in [3.8, 4) is 12.3 Å². The zero-order chi connectivity index (χ0) is 11.9. The fourth-order valence-corrected chi connectivity index (χ4v) is 4.27. The van der Waals surface area contributed by atoms with E-state index in [0.717, 1.165) is 0 Å². The third-order valence-electron chi connectivity index (χ3n) is 3.96. The molecule has 1 saturated heterocycles. The van der Waals surface area contributed by atoms with E-state index in [2.05, 4.69) is 18.1 Å². The Labute approximate surface area is 101 Å². The fraction of sp³-hybridized carbons (Fsp3) is 0.667. The summed E-state index contributed by atoms with van der Waals surface area (Å²) in [6.07, 6.45) is 10.7. The minimum absolute atomic E-state index is 0.0439. The van der Waals surface area contributed by atoms with Gasteiger partial charge >= 0.3 is 7.82 Å². The predicted molar refractivity (Wildman–Crippen MR) is 62.0 cm³/mol. The highest BCUT2D eigenvalue weighted by Gasteiger charge is 2.48. The summed E-state index contributed by atoms with van der Waals surface area (Å²) in [5.41, 5.74) is 0. The van der Waals surface area contributed by atoms with Crippen LogP contribution in [0.15, 0.2) is 12.2 Å². The van der Waals surface area contributed by atoms with E-state index in [-0.39, 0.29) is 6.61 Å². The molecule has 2 bridgehead atoms. The van der Waals surface area contributed by atoms with Crippen LogP contribution < -0.4 is 0 Å². The molecular weight excluding hydrogens is 239 g/mol. The van der Waals surface area contributed by atoms with Gasteiger partial charge in [0.05, 0.1) is 13.2 Å². The molecule has 92 valence electrons. The summed E-state index contributed by atoms with van der Waals surface area (Å²) < 4.78 is 27.8. The zero-order valence-corrected chi connectivity index (χ0v) is 10.3. The molecular formula is C12H15O4P. The van der Waals surface area contributed by atoms with E-state index < -0.39 is 7.82 Å². The highest BCUT2D eigenvalue weighted by atomic mass is 31.2. The Bertz CT molecular complexity index is 399. The number of allylic oxidation sites excluding steroid dienone is 2. The summed E-state index contributed by atoms with van der Waals surface area (Å²) in [4.78, 5) is 0. The molecule has 0 spiro atoms. The van der Waals surface area contributed by atoms with E-state index in [0.29, 0.717) is 36.9 Å². The van der Waals surface area contributed by atoms with Crippen LogP contribution in [0.1, 0.15) is 6.42 Å². The first kappa shape index (κ1) is 11.5. The Hall–Kier alpha value is -0.590. The third-order valence-corrected chi connectivity index (χ3v) is 5.33.